The largest absolute Gasteiger partial charge is 0.384 e. The highest BCUT2D eigenvalue weighted by Gasteiger charge is 2.12. The summed E-state index contributed by atoms with van der Waals surface area (Å²) >= 11 is 0. The fourth-order valence-electron chi connectivity index (χ4n) is 2.87. The van der Waals surface area contributed by atoms with Crippen LogP contribution in [0.15, 0.2) is 77.7 Å². The molecule has 1 atom stereocenters. The van der Waals surface area contributed by atoms with Crippen LogP contribution in [0.2, 0.25) is 0 Å². The monoisotopic (exact) mass is 347 g/mol. The van der Waals surface area contributed by atoms with Gasteiger partial charge in [0.05, 0.1) is 6.54 Å². The number of rotatable bonds is 6. The molecule has 132 valence electrons. The highest BCUT2D eigenvalue weighted by atomic mass is 16.3. The lowest BCUT2D eigenvalue weighted by Crippen LogP contribution is -2.18. The minimum atomic E-state index is -0.798. The summed E-state index contributed by atoms with van der Waals surface area (Å²) in [5.41, 5.74) is 2.98. The molecule has 0 amide bonds. The standard InChI is InChI=1S/C22H21NO3/c1-2-20(24)18-6-5-7-19(14-18)22(26)17-11-9-16(10-12-17)15-23-13-4-3-8-21(23)25/h3-14,22,26H,2,15H2,1H3. The molecule has 0 spiro atoms. The fourth-order valence-corrected chi connectivity index (χ4v) is 2.87. The van der Waals surface area contributed by atoms with Gasteiger partial charge in [-0.2, -0.15) is 0 Å². The predicted molar refractivity (Wildman–Crippen MR) is 101 cm³/mol. The molecule has 4 nitrogen and oxygen atoms in total. The third kappa shape index (κ3) is 3.98. The lowest BCUT2D eigenvalue weighted by atomic mass is 9.97. The summed E-state index contributed by atoms with van der Waals surface area (Å²) in [5.74, 6) is 0.0581. The van der Waals surface area contributed by atoms with E-state index in [-0.39, 0.29) is 11.3 Å². The fraction of sp³-hybridized carbons (Fsp3) is 0.182. The molecule has 0 fully saturated rings. The van der Waals surface area contributed by atoms with Crippen LogP contribution in [0.4, 0.5) is 0 Å². The normalized spacial score (nSPS) is 11.9. The maximum Gasteiger partial charge on any atom is 0.250 e. The van der Waals surface area contributed by atoms with Gasteiger partial charge in [-0.15, -0.1) is 0 Å². The zero-order valence-corrected chi connectivity index (χ0v) is 14.6. The van der Waals surface area contributed by atoms with Crippen LogP contribution in [0.5, 0.6) is 0 Å². The summed E-state index contributed by atoms with van der Waals surface area (Å²) in [4.78, 5) is 23.7. The van der Waals surface area contributed by atoms with E-state index >= 15 is 0 Å². The molecule has 26 heavy (non-hydrogen) atoms. The number of nitrogens with zero attached hydrogens (tertiary/aromatic N) is 1. The molecule has 0 aliphatic rings. The van der Waals surface area contributed by atoms with Gasteiger partial charge in [-0.25, -0.2) is 0 Å². The first-order chi connectivity index (χ1) is 12.6. The molecule has 1 heterocycles. The van der Waals surface area contributed by atoms with E-state index < -0.39 is 6.10 Å². The number of aliphatic hydroxyl groups excluding tert-OH is 1. The Balaban J connectivity index is 1.79. The molecular formula is C22H21NO3. The van der Waals surface area contributed by atoms with Gasteiger partial charge in [0, 0.05) is 24.2 Å². The summed E-state index contributed by atoms with van der Waals surface area (Å²) in [6.07, 6.45) is 1.39. The van der Waals surface area contributed by atoms with Crippen molar-refractivity contribution < 1.29 is 9.90 Å². The Kier molecular flexibility index (Phi) is 5.44. The molecule has 3 aromatic rings. The molecule has 0 saturated carbocycles. The molecule has 2 aromatic carbocycles. The Morgan fingerprint density at radius 1 is 1.00 bits per heavy atom. The first-order valence-corrected chi connectivity index (χ1v) is 8.64. The summed E-state index contributed by atoms with van der Waals surface area (Å²) < 4.78 is 1.63. The number of ketones is 1. The Bertz CT molecular complexity index is 957. The van der Waals surface area contributed by atoms with E-state index in [4.69, 9.17) is 0 Å². The Morgan fingerprint density at radius 2 is 1.77 bits per heavy atom. The number of pyridine rings is 1. The number of Topliss-reactive ketones (excluding diaryl/α,β-unsaturated/α-hetero) is 1. The van der Waals surface area contributed by atoms with Crippen molar-refractivity contribution in [3.63, 3.8) is 0 Å². The van der Waals surface area contributed by atoms with Crippen molar-refractivity contribution in [2.45, 2.75) is 26.0 Å². The molecular weight excluding hydrogens is 326 g/mol. The van der Waals surface area contributed by atoms with Crippen LogP contribution in [-0.2, 0) is 6.54 Å². The minimum absolute atomic E-state index is 0.0472. The molecule has 1 unspecified atom stereocenters. The lowest BCUT2D eigenvalue weighted by molar-refractivity contribution is 0.0988. The Morgan fingerprint density at radius 3 is 2.46 bits per heavy atom. The Hall–Kier alpha value is -2.98. The van der Waals surface area contributed by atoms with Gasteiger partial charge in [-0.1, -0.05) is 55.5 Å². The van der Waals surface area contributed by atoms with Crippen molar-refractivity contribution in [2.75, 3.05) is 0 Å². The van der Waals surface area contributed by atoms with Crippen molar-refractivity contribution in [1.82, 2.24) is 4.57 Å². The van der Waals surface area contributed by atoms with Gasteiger partial charge in [-0.3, -0.25) is 9.59 Å². The summed E-state index contributed by atoms with van der Waals surface area (Å²) in [6, 6.07) is 19.7. The number of benzene rings is 2. The van der Waals surface area contributed by atoms with E-state index in [1.165, 1.54) is 6.07 Å². The van der Waals surface area contributed by atoms with Gasteiger partial charge in [0.15, 0.2) is 5.78 Å². The third-order valence-electron chi connectivity index (χ3n) is 4.39. The van der Waals surface area contributed by atoms with E-state index in [1.54, 1.807) is 35.0 Å². The molecule has 0 radical (unpaired) electrons. The second kappa shape index (κ2) is 7.93. The van der Waals surface area contributed by atoms with Crippen molar-refractivity contribution in [1.29, 1.82) is 0 Å². The zero-order chi connectivity index (χ0) is 18.5. The van der Waals surface area contributed by atoms with E-state index in [9.17, 15) is 14.7 Å². The first kappa shape index (κ1) is 17.8. The molecule has 0 aliphatic heterocycles. The number of hydrogen-bond acceptors (Lipinski definition) is 3. The van der Waals surface area contributed by atoms with E-state index in [2.05, 4.69) is 0 Å². The van der Waals surface area contributed by atoms with Gasteiger partial charge in [-0.05, 0) is 28.8 Å². The van der Waals surface area contributed by atoms with Crippen molar-refractivity contribution >= 4 is 5.78 Å². The van der Waals surface area contributed by atoms with Gasteiger partial charge < -0.3 is 9.67 Å². The number of aliphatic hydroxyl groups is 1. The van der Waals surface area contributed by atoms with Gasteiger partial charge in [0.25, 0.3) is 5.56 Å². The molecule has 0 bridgehead atoms. The van der Waals surface area contributed by atoms with E-state index in [0.29, 0.717) is 24.1 Å². The first-order valence-electron chi connectivity index (χ1n) is 8.64. The molecule has 1 aromatic heterocycles. The van der Waals surface area contributed by atoms with Crippen molar-refractivity contribution in [3.8, 4) is 0 Å². The molecule has 1 N–H and O–H groups in total. The van der Waals surface area contributed by atoms with Crippen molar-refractivity contribution in [2.24, 2.45) is 0 Å². The number of aromatic nitrogens is 1. The summed E-state index contributed by atoms with van der Waals surface area (Å²) in [5, 5.41) is 10.6. The van der Waals surface area contributed by atoms with Crippen LogP contribution >= 0.6 is 0 Å². The van der Waals surface area contributed by atoms with Crippen LogP contribution in [0.1, 0.15) is 46.5 Å². The molecule has 4 heteroatoms. The minimum Gasteiger partial charge on any atom is -0.384 e. The van der Waals surface area contributed by atoms with E-state index in [1.807, 2.05) is 43.3 Å². The van der Waals surface area contributed by atoms with Crippen molar-refractivity contribution in [3.05, 3.63) is 106 Å². The van der Waals surface area contributed by atoms with Crippen LogP contribution in [0.3, 0.4) is 0 Å². The highest BCUT2D eigenvalue weighted by molar-refractivity contribution is 5.96. The maximum atomic E-state index is 11.9. The molecule has 3 rings (SSSR count). The molecule has 0 aliphatic carbocycles. The van der Waals surface area contributed by atoms with Gasteiger partial charge in [0.1, 0.15) is 6.10 Å². The quantitative estimate of drug-likeness (QED) is 0.694. The number of hydrogen-bond donors (Lipinski definition) is 1. The number of carbonyl (C=O) groups excluding carboxylic acids is 1. The molecule has 0 saturated heterocycles. The lowest BCUT2D eigenvalue weighted by Gasteiger charge is -2.13. The number of carbonyl (C=O) groups is 1. The maximum absolute atomic E-state index is 11.9. The Labute approximate surface area is 152 Å². The SMILES string of the molecule is CCC(=O)c1cccc(C(O)c2ccc(Cn3ccccc3=O)cc2)c1. The topological polar surface area (TPSA) is 59.3 Å². The second-order valence-electron chi connectivity index (χ2n) is 6.21. The van der Waals surface area contributed by atoms with Gasteiger partial charge >= 0.3 is 0 Å². The van der Waals surface area contributed by atoms with Crippen LogP contribution < -0.4 is 5.56 Å². The van der Waals surface area contributed by atoms with Crippen LogP contribution in [-0.4, -0.2) is 15.5 Å². The predicted octanol–water partition coefficient (Wildman–Crippen LogP) is 3.57. The van der Waals surface area contributed by atoms with E-state index in [0.717, 1.165) is 11.1 Å². The second-order valence-corrected chi connectivity index (χ2v) is 6.21. The third-order valence-corrected chi connectivity index (χ3v) is 4.39. The summed E-state index contributed by atoms with van der Waals surface area (Å²) in [7, 11) is 0. The average molecular weight is 347 g/mol. The smallest absolute Gasteiger partial charge is 0.250 e. The zero-order valence-electron chi connectivity index (χ0n) is 14.6. The van der Waals surface area contributed by atoms with Crippen LogP contribution in [0, 0.1) is 0 Å². The van der Waals surface area contributed by atoms with Crippen LogP contribution in [0.25, 0.3) is 0 Å². The average Bonchev–Trinajstić information content (AvgIpc) is 2.69. The van der Waals surface area contributed by atoms with Gasteiger partial charge in [0.2, 0.25) is 0 Å². The highest BCUT2D eigenvalue weighted by Crippen LogP contribution is 2.23. The summed E-state index contributed by atoms with van der Waals surface area (Å²) in [6.45, 7) is 2.30.